The van der Waals surface area contributed by atoms with E-state index in [1.807, 2.05) is 48.2 Å². The Morgan fingerprint density at radius 2 is 1.85 bits per heavy atom. The summed E-state index contributed by atoms with van der Waals surface area (Å²) in [5, 5.41) is 2.88. The minimum atomic E-state index is -0.404. The number of nitrogen functional groups attached to an aromatic ring is 1. The minimum Gasteiger partial charge on any atom is -0.383 e. The molecule has 174 valence electrons. The Bertz CT molecular complexity index is 1020. The lowest BCUT2D eigenvalue weighted by Crippen LogP contribution is -2.49. The van der Waals surface area contributed by atoms with Gasteiger partial charge in [0.1, 0.15) is 11.9 Å². The summed E-state index contributed by atoms with van der Waals surface area (Å²) < 4.78 is 0. The first-order valence-corrected chi connectivity index (χ1v) is 11.6. The van der Waals surface area contributed by atoms with Gasteiger partial charge in [0.15, 0.2) is 0 Å². The molecule has 0 aliphatic carbocycles. The zero-order chi connectivity index (χ0) is 23.4. The van der Waals surface area contributed by atoms with Gasteiger partial charge in [-0.1, -0.05) is 30.3 Å². The molecule has 0 bridgehead atoms. The van der Waals surface area contributed by atoms with Crippen LogP contribution in [0.1, 0.15) is 60.1 Å². The van der Waals surface area contributed by atoms with Crippen LogP contribution >= 0.6 is 0 Å². The SMILES string of the molecule is C[C@@H](C(=O)N1CCC(c2ccc(C(=O)NCc3ccccc3)c(N)n2)CC1)N1CCCC1=O. The second-order valence-electron chi connectivity index (χ2n) is 8.80. The van der Waals surface area contributed by atoms with Crippen molar-refractivity contribution in [3.8, 4) is 0 Å². The molecule has 2 fully saturated rings. The second-order valence-corrected chi connectivity index (χ2v) is 8.80. The monoisotopic (exact) mass is 449 g/mol. The number of rotatable bonds is 6. The summed E-state index contributed by atoms with van der Waals surface area (Å²) in [4.78, 5) is 45.4. The van der Waals surface area contributed by atoms with Gasteiger partial charge >= 0.3 is 0 Å². The van der Waals surface area contributed by atoms with Gasteiger partial charge in [0.25, 0.3) is 5.91 Å². The van der Waals surface area contributed by atoms with Crippen LogP contribution in [0, 0.1) is 0 Å². The summed E-state index contributed by atoms with van der Waals surface area (Å²) in [7, 11) is 0. The zero-order valence-corrected chi connectivity index (χ0v) is 19.0. The van der Waals surface area contributed by atoms with Crippen LogP contribution in [0.25, 0.3) is 0 Å². The molecule has 8 heteroatoms. The van der Waals surface area contributed by atoms with E-state index >= 15 is 0 Å². The van der Waals surface area contributed by atoms with Crippen molar-refractivity contribution < 1.29 is 14.4 Å². The Hall–Kier alpha value is -3.42. The Kier molecular flexibility index (Phi) is 6.91. The summed E-state index contributed by atoms with van der Waals surface area (Å²) in [6.07, 6.45) is 2.91. The van der Waals surface area contributed by atoms with E-state index in [1.165, 1.54) is 0 Å². The number of nitrogens with one attached hydrogen (secondary N) is 1. The highest BCUT2D eigenvalue weighted by atomic mass is 16.2. The van der Waals surface area contributed by atoms with E-state index in [0.717, 1.165) is 30.5 Å². The van der Waals surface area contributed by atoms with Crippen LogP contribution in [0.5, 0.6) is 0 Å². The predicted molar refractivity (Wildman–Crippen MR) is 125 cm³/mol. The number of anilines is 1. The fraction of sp³-hybridized carbons (Fsp3) is 0.440. The third-order valence-electron chi connectivity index (χ3n) is 6.65. The van der Waals surface area contributed by atoms with Gasteiger partial charge in [-0.15, -0.1) is 0 Å². The average molecular weight is 450 g/mol. The maximum Gasteiger partial charge on any atom is 0.255 e. The molecule has 1 atom stereocenters. The molecule has 8 nitrogen and oxygen atoms in total. The van der Waals surface area contributed by atoms with Crippen LogP contribution in [0.3, 0.4) is 0 Å². The molecule has 2 saturated heterocycles. The normalized spacial score (nSPS) is 17.8. The Morgan fingerprint density at radius 1 is 1.12 bits per heavy atom. The first-order chi connectivity index (χ1) is 15.9. The maximum absolute atomic E-state index is 12.9. The Labute approximate surface area is 194 Å². The lowest BCUT2D eigenvalue weighted by Gasteiger charge is -2.35. The van der Waals surface area contributed by atoms with E-state index in [2.05, 4.69) is 10.3 Å². The molecule has 4 rings (SSSR count). The summed E-state index contributed by atoms with van der Waals surface area (Å²) in [6.45, 7) is 4.15. The average Bonchev–Trinajstić information content (AvgIpc) is 3.28. The topological polar surface area (TPSA) is 109 Å². The first-order valence-electron chi connectivity index (χ1n) is 11.6. The van der Waals surface area contributed by atoms with Crippen molar-refractivity contribution in [2.45, 2.75) is 51.1 Å². The molecule has 2 aliphatic heterocycles. The standard InChI is InChI=1S/C25H31N5O3/c1-17(30-13-5-8-22(30)31)25(33)29-14-11-19(12-15-29)21-10-9-20(23(26)28-21)24(32)27-16-18-6-3-2-4-7-18/h2-4,6-7,9-10,17,19H,5,8,11-16H2,1H3,(H2,26,28)(H,27,32)/t17-/m0/s1. The molecule has 1 aromatic carbocycles. The van der Waals surface area contributed by atoms with Gasteiger partial charge in [-0.2, -0.15) is 0 Å². The first kappa shape index (κ1) is 22.8. The molecular formula is C25H31N5O3. The molecule has 1 aromatic heterocycles. The summed E-state index contributed by atoms with van der Waals surface area (Å²) >= 11 is 0. The smallest absolute Gasteiger partial charge is 0.255 e. The van der Waals surface area contributed by atoms with Gasteiger partial charge in [0, 0.05) is 44.2 Å². The minimum absolute atomic E-state index is 0.0154. The highest BCUT2D eigenvalue weighted by Crippen LogP contribution is 2.29. The maximum atomic E-state index is 12.9. The molecule has 3 N–H and O–H groups in total. The van der Waals surface area contributed by atoms with Crippen LogP contribution in [0.15, 0.2) is 42.5 Å². The van der Waals surface area contributed by atoms with Crippen LogP contribution < -0.4 is 11.1 Å². The summed E-state index contributed by atoms with van der Waals surface area (Å²) in [5.41, 5.74) is 8.35. The molecule has 33 heavy (non-hydrogen) atoms. The number of carbonyl (C=O) groups is 3. The highest BCUT2D eigenvalue weighted by Gasteiger charge is 2.34. The number of amides is 3. The van der Waals surface area contributed by atoms with Crippen molar-refractivity contribution >= 4 is 23.5 Å². The third kappa shape index (κ3) is 5.16. The molecule has 0 saturated carbocycles. The number of hydrogen-bond acceptors (Lipinski definition) is 5. The van der Waals surface area contributed by atoms with E-state index in [9.17, 15) is 14.4 Å². The number of carbonyl (C=O) groups excluding carboxylic acids is 3. The van der Waals surface area contributed by atoms with E-state index in [4.69, 9.17) is 5.73 Å². The number of nitrogens with two attached hydrogens (primary N) is 1. The largest absolute Gasteiger partial charge is 0.383 e. The van der Waals surface area contributed by atoms with Crippen LogP contribution in [0.2, 0.25) is 0 Å². The molecule has 0 radical (unpaired) electrons. The Morgan fingerprint density at radius 3 is 2.48 bits per heavy atom. The van der Waals surface area contributed by atoms with Crippen molar-refractivity contribution in [2.24, 2.45) is 0 Å². The van der Waals surface area contributed by atoms with Crippen LogP contribution in [-0.4, -0.2) is 58.2 Å². The fourth-order valence-electron chi connectivity index (χ4n) is 4.66. The molecule has 2 aliphatic rings. The molecular weight excluding hydrogens is 418 g/mol. The predicted octanol–water partition coefficient (Wildman–Crippen LogP) is 2.31. The lowest BCUT2D eigenvalue weighted by molar-refractivity contribution is -0.143. The highest BCUT2D eigenvalue weighted by molar-refractivity contribution is 5.98. The van der Waals surface area contributed by atoms with Gasteiger partial charge in [0.05, 0.1) is 5.56 Å². The molecule has 0 unspecified atom stereocenters. The number of likely N-dealkylation sites (tertiary alicyclic amines) is 2. The van der Waals surface area contributed by atoms with Gasteiger partial charge < -0.3 is 20.9 Å². The van der Waals surface area contributed by atoms with E-state index in [-0.39, 0.29) is 29.5 Å². The van der Waals surface area contributed by atoms with E-state index in [1.54, 1.807) is 11.0 Å². The lowest BCUT2D eigenvalue weighted by atomic mass is 9.92. The molecule has 0 spiro atoms. The number of aromatic nitrogens is 1. The number of benzene rings is 1. The van der Waals surface area contributed by atoms with Gasteiger partial charge in [0.2, 0.25) is 11.8 Å². The molecule has 3 heterocycles. The van der Waals surface area contributed by atoms with E-state index in [0.29, 0.717) is 38.2 Å². The fourth-order valence-corrected chi connectivity index (χ4v) is 4.66. The van der Waals surface area contributed by atoms with Crippen LogP contribution in [-0.2, 0) is 16.1 Å². The molecule has 3 amide bonds. The van der Waals surface area contributed by atoms with Crippen molar-refractivity contribution in [3.05, 3.63) is 59.3 Å². The van der Waals surface area contributed by atoms with Gasteiger partial charge in [-0.05, 0) is 43.9 Å². The summed E-state index contributed by atoms with van der Waals surface area (Å²) in [6, 6.07) is 12.9. The number of hydrogen-bond donors (Lipinski definition) is 2. The quantitative estimate of drug-likeness (QED) is 0.704. The third-order valence-corrected chi connectivity index (χ3v) is 6.65. The van der Waals surface area contributed by atoms with Crippen molar-refractivity contribution in [2.75, 3.05) is 25.4 Å². The van der Waals surface area contributed by atoms with Crippen molar-refractivity contribution in [3.63, 3.8) is 0 Å². The summed E-state index contributed by atoms with van der Waals surface area (Å²) in [5.74, 6) is 0.237. The number of piperidine rings is 1. The zero-order valence-electron chi connectivity index (χ0n) is 19.0. The van der Waals surface area contributed by atoms with Crippen molar-refractivity contribution in [1.82, 2.24) is 20.1 Å². The van der Waals surface area contributed by atoms with Crippen molar-refractivity contribution in [1.29, 1.82) is 0 Å². The second kappa shape index (κ2) is 10.0. The van der Waals surface area contributed by atoms with Gasteiger partial charge in [-0.25, -0.2) is 4.98 Å². The number of nitrogens with zero attached hydrogens (tertiary/aromatic N) is 3. The number of pyridine rings is 1. The van der Waals surface area contributed by atoms with Gasteiger partial charge in [-0.3, -0.25) is 14.4 Å². The Balaban J connectivity index is 1.32. The van der Waals surface area contributed by atoms with E-state index < -0.39 is 6.04 Å². The van der Waals surface area contributed by atoms with Crippen LogP contribution in [0.4, 0.5) is 5.82 Å². The molecule has 2 aromatic rings.